The molecule has 2 aromatic rings. The lowest BCUT2D eigenvalue weighted by Crippen LogP contribution is -1.96. The first-order valence-corrected chi connectivity index (χ1v) is 4.25. The largest absolute Gasteiger partial charge is 0.508 e. The average molecular weight is 206 g/mol. The highest BCUT2D eigenvalue weighted by Gasteiger charge is 2.04. The molecule has 0 bridgehead atoms. The Bertz CT molecular complexity index is 546. The molecule has 0 atom stereocenters. The number of rotatable bonds is 1. The first-order valence-electron chi connectivity index (χ1n) is 4.25. The summed E-state index contributed by atoms with van der Waals surface area (Å²) in [6, 6.07) is 7.79. The number of hydrogen-bond acceptors (Lipinski definition) is 3. The highest BCUT2D eigenvalue weighted by molar-refractivity contribution is 5.58. The summed E-state index contributed by atoms with van der Waals surface area (Å²) in [4.78, 5) is 10.9. The third kappa shape index (κ3) is 2.04. The van der Waals surface area contributed by atoms with E-state index in [1.807, 2.05) is 0 Å². The second kappa shape index (κ2) is 3.57. The highest BCUT2D eigenvalue weighted by atomic mass is 19.1. The number of hydrogen-bond donors (Lipinski definition) is 1. The monoisotopic (exact) mass is 206 g/mol. The summed E-state index contributed by atoms with van der Waals surface area (Å²) < 4.78 is 17.7. The van der Waals surface area contributed by atoms with E-state index in [0.717, 1.165) is 6.07 Å². The molecule has 4 heteroatoms. The van der Waals surface area contributed by atoms with Gasteiger partial charge in [-0.25, -0.2) is 9.18 Å². The minimum Gasteiger partial charge on any atom is -0.508 e. The summed E-state index contributed by atoms with van der Waals surface area (Å²) in [6.45, 7) is 0. The van der Waals surface area contributed by atoms with Crippen molar-refractivity contribution >= 4 is 0 Å². The van der Waals surface area contributed by atoms with Crippen LogP contribution in [0.4, 0.5) is 4.39 Å². The van der Waals surface area contributed by atoms with Gasteiger partial charge in [-0.05, 0) is 12.1 Å². The zero-order chi connectivity index (χ0) is 10.8. The van der Waals surface area contributed by atoms with Crippen LogP contribution in [0, 0.1) is 5.82 Å². The van der Waals surface area contributed by atoms with Gasteiger partial charge in [0.2, 0.25) is 0 Å². The molecule has 0 unspecified atom stereocenters. The maximum Gasteiger partial charge on any atom is 0.339 e. The van der Waals surface area contributed by atoms with Crippen LogP contribution in [0.5, 0.6) is 5.75 Å². The molecule has 3 nitrogen and oxygen atoms in total. The summed E-state index contributed by atoms with van der Waals surface area (Å²) in [5.74, 6) is -0.497. The summed E-state index contributed by atoms with van der Waals surface area (Å²) in [6.07, 6.45) is 0. The number of halogens is 1. The van der Waals surface area contributed by atoms with Gasteiger partial charge in [0, 0.05) is 11.6 Å². The van der Waals surface area contributed by atoms with E-state index in [2.05, 4.69) is 0 Å². The van der Waals surface area contributed by atoms with Gasteiger partial charge in [-0.1, -0.05) is 12.1 Å². The molecule has 2 rings (SSSR count). The van der Waals surface area contributed by atoms with Gasteiger partial charge in [0.25, 0.3) is 0 Å². The van der Waals surface area contributed by atoms with Crippen LogP contribution in [0.3, 0.4) is 0 Å². The second-order valence-corrected chi connectivity index (χ2v) is 3.01. The van der Waals surface area contributed by atoms with Crippen molar-refractivity contribution in [2.75, 3.05) is 0 Å². The number of aromatic hydroxyl groups is 1. The van der Waals surface area contributed by atoms with E-state index in [9.17, 15) is 14.3 Å². The minimum absolute atomic E-state index is 0.138. The molecule has 1 aromatic carbocycles. The Balaban J connectivity index is 2.59. The van der Waals surface area contributed by atoms with Crippen LogP contribution in [-0.2, 0) is 0 Å². The van der Waals surface area contributed by atoms with Crippen molar-refractivity contribution in [3.63, 3.8) is 0 Å². The molecule has 0 fully saturated rings. The molecule has 0 saturated carbocycles. The lowest BCUT2D eigenvalue weighted by atomic mass is 10.1. The van der Waals surface area contributed by atoms with Crippen LogP contribution >= 0.6 is 0 Å². The smallest absolute Gasteiger partial charge is 0.339 e. The molecule has 0 aliphatic carbocycles. The predicted molar refractivity (Wildman–Crippen MR) is 52.0 cm³/mol. The van der Waals surface area contributed by atoms with Crippen molar-refractivity contribution in [1.82, 2.24) is 0 Å². The molecule has 15 heavy (non-hydrogen) atoms. The van der Waals surface area contributed by atoms with E-state index in [4.69, 9.17) is 4.42 Å². The van der Waals surface area contributed by atoms with Gasteiger partial charge in [0.1, 0.15) is 17.3 Å². The third-order valence-electron chi connectivity index (χ3n) is 1.86. The molecule has 1 N–H and O–H groups in total. The van der Waals surface area contributed by atoms with E-state index in [1.165, 1.54) is 24.3 Å². The standard InChI is InChI=1S/C11H7FO3/c12-8-3-1-2-7(4-8)10-5-9(13)6-11(14)15-10/h1-6,13H. The molecule has 0 aliphatic heterocycles. The molecule has 0 spiro atoms. The van der Waals surface area contributed by atoms with Crippen molar-refractivity contribution in [3.8, 4) is 17.1 Å². The Labute approximate surface area is 84.4 Å². The van der Waals surface area contributed by atoms with E-state index < -0.39 is 11.4 Å². The second-order valence-electron chi connectivity index (χ2n) is 3.01. The van der Waals surface area contributed by atoms with Crippen molar-refractivity contribution in [2.45, 2.75) is 0 Å². The number of benzene rings is 1. The Morgan fingerprint density at radius 1 is 1.20 bits per heavy atom. The predicted octanol–water partition coefficient (Wildman–Crippen LogP) is 2.15. The van der Waals surface area contributed by atoms with Gasteiger partial charge in [-0.15, -0.1) is 0 Å². The lowest BCUT2D eigenvalue weighted by Gasteiger charge is -2.00. The Morgan fingerprint density at radius 3 is 2.67 bits per heavy atom. The summed E-state index contributed by atoms with van der Waals surface area (Å²) >= 11 is 0. The molecular formula is C11H7FO3. The van der Waals surface area contributed by atoms with Crippen LogP contribution in [0.1, 0.15) is 0 Å². The Morgan fingerprint density at radius 2 is 2.00 bits per heavy atom. The maximum atomic E-state index is 12.9. The Hall–Kier alpha value is -2.10. The summed E-state index contributed by atoms with van der Waals surface area (Å²) in [5, 5.41) is 9.17. The summed E-state index contributed by atoms with van der Waals surface area (Å²) in [7, 11) is 0. The van der Waals surface area contributed by atoms with Crippen LogP contribution < -0.4 is 5.63 Å². The fourth-order valence-electron chi connectivity index (χ4n) is 1.25. The third-order valence-corrected chi connectivity index (χ3v) is 1.86. The lowest BCUT2D eigenvalue weighted by molar-refractivity contribution is 0.452. The molecule has 0 aliphatic rings. The van der Waals surface area contributed by atoms with Crippen LogP contribution in [0.15, 0.2) is 45.6 Å². The summed E-state index contributed by atoms with van der Waals surface area (Å²) in [5.41, 5.74) is -0.266. The van der Waals surface area contributed by atoms with Gasteiger partial charge >= 0.3 is 5.63 Å². The average Bonchev–Trinajstić information content (AvgIpc) is 2.16. The first kappa shape index (κ1) is 9.45. The molecule has 1 aromatic heterocycles. The minimum atomic E-state index is -0.672. The van der Waals surface area contributed by atoms with Gasteiger partial charge in [-0.2, -0.15) is 0 Å². The van der Waals surface area contributed by atoms with Crippen LogP contribution in [0.2, 0.25) is 0 Å². The molecule has 0 saturated heterocycles. The molecule has 0 radical (unpaired) electrons. The maximum absolute atomic E-state index is 12.9. The molecule has 76 valence electrons. The van der Waals surface area contributed by atoms with Crippen molar-refractivity contribution in [3.05, 3.63) is 52.6 Å². The van der Waals surface area contributed by atoms with E-state index in [-0.39, 0.29) is 11.5 Å². The first-order chi connectivity index (χ1) is 7.15. The SMILES string of the molecule is O=c1cc(O)cc(-c2cccc(F)c2)o1. The van der Waals surface area contributed by atoms with Crippen molar-refractivity contribution in [2.24, 2.45) is 0 Å². The molecular weight excluding hydrogens is 199 g/mol. The Kier molecular flexibility index (Phi) is 2.25. The zero-order valence-corrected chi connectivity index (χ0v) is 7.61. The van der Waals surface area contributed by atoms with Crippen molar-refractivity contribution in [1.29, 1.82) is 0 Å². The van der Waals surface area contributed by atoms with Gasteiger partial charge in [0.05, 0.1) is 6.07 Å². The fourth-order valence-corrected chi connectivity index (χ4v) is 1.25. The zero-order valence-electron chi connectivity index (χ0n) is 7.61. The molecule has 1 heterocycles. The highest BCUT2D eigenvalue weighted by Crippen LogP contribution is 2.21. The normalized spacial score (nSPS) is 10.2. The van der Waals surface area contributed by atoms with Gasteiger partial charge < -0.3 is 9.52 Å². The van der Waals surface area contributed by atoms with Crippen LogP contribution in [-0.4, -0.2) is 5.11 Å². The van der Waals surface area contributed by atoms with Gasteiger partial charge in [0.15, 0.2) is 0 Å². The fraction of sp³-hybridized carbons (Fsp3) is 0. The van der Waals surface area contributed by atoms with Gasteiger partial charge in [-0.3, -0.25) is 0 Å². The van der Waals surface area contributed by atoms with Crippen LogP contribution in [0.25, 0.3) is 11.3 Å². The molecule has 0 amide bonds. The van der Waals surface area contributed by atoms with Crippen molar-refractivity contribution < 1.29 is 13.9 Å². The van der Waals surface area contributed by atoms with E-state index in [0.29, 0.717) is 5.56 Å². The van der Waals surface area contributed by atoms with E-state index in [1.54, 1.807) is 6.07 Å². The topological polar surface area (TPSA) is 50.4 Å². The van der Waals surface area contributed by atoms with E-state index >= 15 is 0 Å². The quantitative estimate of drug-likeness (QED) is 0.777.